The number of fused-ring (bicyclic) bond motifs is 1. The lowest BCUT2D eigenvalue weighted by atomic mass is 9.91. The fourth-order valence-electron chi connectivity index (χ4n) is 6.25. The molecule has 0 spiro atoms. The summed E-state index contributed by atoms with van der Waals surface area (Å²) < 4.78 is 7.83. The van der Waals surface area contributed by atoms with Gasteiger partial charge < -0.3 is 24.9 Å². The molecule has 1 aliphatic heterocycles. The number of carbonyl (C=O) groups is 1. The number of nitrogens with two attached hydrogens (primary N) is 1. The Morgan fingerprint density at radius 1 is 1.18 bits per heavy atom. The summed E-state index contributed by atoms with van der Waals surface area (Å²) in [5.74, 6) is 1.01. The van der Waals surface area contributed by atoms with Crippen LogP contribution in [-0.4, -0.2) is 53.2 Å². The van der Waals surface area contributed by atoms with Crippen molar-refractivity contribution in [2.75, 3.05) is 26.8 Å². The molecule has 0 saturated carbocycles. The standard InChI is InChI=1S/C33H42N4O3/c1-23-6-3-8-30-29(23)20-31(37(30)16-5-17-40-2)27-7-4-15-36(22-27)33(39)19-28(34)18-24-9-11-25(12-10-24)26-13-14-32(38)35-21-26/h3,8-14,20-21,23,27-28H,4-7,15-19,22,34H2,1-2H3,(H,35,38)/t23?,27?,28-/m1/s1. The minimum absolute atomic E-state index is 0.113. The molecule has 1 aromatic carbocycles. The average Bonchev–Trinajstić information content (AvgIpc) is 3.34. The van der Waals surface area contributed by atoms with Crippen LogP contribution in [0.5, 0.6) is 0 Å². The minimum Gasteiger partial charge on any atom is -0.385 e. The second-order valence-corrected chi connectivity index (χ2v) is 11.4. The monoisotopic (exact) mass is 542 g/mol. The summed E-state index contributed by atoms with van der Waals surface area (Å²) in [6.07, 6.45) is 11.5. The third-order valence-electron chi connectivity index (χ3n) is 8.43. The van der Waals surface area contributed by atoms with Gasteiger partial charge in [-0.25, -0.2) is 0 Å². The lowest BCUT2D eigenvalue weighted by Crippen LogP contribution is -2.42. The number of nitrogens with one attached hydrogen (secondary N) is 1. The molecule has 40 heavy (non-hydrogen) atoms. The molecule has 212 valence electrons. The first-order valence-corrected chi connectivity index (χ1v) is 14.6. The molecule has 2 aliphatic rings. The van der Waals surface area contributed by atoms with E-state index in [1.807, 2.05) is 23.1 Å². The summed E-state index contributed by atoms with van der Waals surface area (Å²) in [7, 11) is 1.76. The largest absolute Gasteiger partial charge is 0.385 e. The molecular formula is C33H42N4O3. The zero-order valence-electron chi connectivity index (χ0n) is 23.8. The third-order valence-corrected chi connectivity index (χ3v) is 8.43. The SMILES string of the molecule is COCCCn1c(C2CCCN(C(=O)C[C@H](N)Cc3ccc(-c4ccc(=O)[nH]c4)cc3)C2)cc2c1C=CCC2C. The smallest absolute Gasteiger partial charge is 0.247 e. The van der Waals surface area contributed by atoms with Crippen molar-refractivity contribution < 1.29 is 9.53 Å². The number of nitrogens with zero attached hydrogens (tertiary/aromatic N) is 2. The Hall–Kier alpha value is -3.42. The Morgan fingerprint density at radius 3 is 2.73 bits per heavy atom. The fraction of sp³-hybridized carbons (Fsp3) is 0.455. The quantitative estimate of drug-likeness (QED) is 0.350. The van der Waals surface area contributed by atoms with Gasteiger partial charge in [-0.15, -0.1) is 0 Å². The number of piperidine rings is 1. The fourth-order valence-corrected chi connectivity index (χ4v) is 6.25. The summed E-state index contributed by atoms with van der Waals surface area (Å²) in [4.78, 5) is 29.4. The van der Waals surface area contributed by atoms with E-state index in [-0.39, 0.29) is 17.5 Å². The van der Waals surface area contributed by atoms with Gasteiger partial charge in [0.25, 0.3) is 0 Å². The average molecular weight is 543 g/mol. The summed E-state index contributed by atoms with van der Waals surface area (Å²) in [5.41, 5.74) is 13.6. The Kier molecular flexibility index (Phi) is 9.02. The summed E-state index contributed by atoms with van der Waals surface area (Å²) >= 11 is 0. The number of benzene rings is 1. The molecule has 0 radical (unpaired) electrons. The predicted molar refractivity (Wildman–Crippen MR) is 160 cm³/mol. The molecule has 1 fully saturated rings. The van der Waals surface area contributed by atoms with Gasteiger partial charge in [-0.05, 0) is 78.5 Å². The van der Waals surface area contributed by atoms with E-state index in [1.54, 1.807) is 13.3 Å². The topological polar surface area (TPSA) is 93.3 Å². The summed E-state index contributed by atoms with van der Waals surface area (Å²) in [6, 6.07) is 13.7. The molecule has 1 amide bonds. The molecule has 3 atom stereocenters. The maximum atomic E-state index is 13.4. The number of ether oxygens (including phenoxy) is 1. The predicted octanol–water partition coefficient (Wildman–Crippen LogP) is 5.07. The molecule has 0 bridgehead atoms. The van der Waals surface area contributed by atoms with Crippen molar-refractivity contribution in [2.45, 2.75) is 69.9 Å². The van der Waals surface area contributed by atoms with Gasteiger partial charge in [-0.1, -0.05) is 37.3 Å². The van der Waals surface area contributed by atoms with Crippen molar-refractivity contribution in [1.82, 2.24) is 14.5 Å². The van der Waals surface area contributed by atoms with E-state index in [4.69, 9.17) is 10.5 Å². The number of pyridine rings is 1. The van der Waals surface area contributed by atoms with Crippen LogP contribution in [0.1, 0.15) is 73.4 Å². The van der Waals surface area contributed by atoms with Crippen LogP contribution in [0.15, 0.2) is 59.5 Å². The van der Waals surface area contributed by atoms with E-state index >= 15 is 0 Å². The zero-order chi connectivity index (χ0) is 28.1. The Morgan fingerprint density at radius 2 is 1.98 bits per heavy atom. The van der Waals surface area contributed by atoms with E-state index < -0.39 is 0 Å². The minimum atomic E-state index is -0.233. The maximum absolute atomic E-state index is 13.4. The molecule has 3 heterocycles. The van der Waals surface area contributed by atoms with E-state index in [9.17, 15) is 9.59 Å². The van der Waals surface area contributed by atoms with E-state index in [2.05, 4.69) is 46.8 Å². The van der Waals surface area contributed by atoms with Crippen molar-refractivity contribution in [3.05, 3.63) is 87.6 Å². The molecule has 2 aromatic heterocycles. The van der Waals surface area contributed by atoms with Crippen LogP contribution in [0.2, 0.25) is 0 Å². The molecule has 5 rings (SSSR count). The van der Waals surface area contributed by atoms with Crippen LogP contribution in [0.4, 0.5) is 0 Å². The van der Waals surface area contributed by atoms with Crippen LogP contribution in [0.25, 0.3) is 17.2 Å². The Bertz CT molecular complexity index is 1370. The Labute approximate surface area is 237 Å². The van der Waals surface area contributed by atoms with Crippen molar-refractivity contribution in [3.8, 4) is 11.1 Å². The highest BCUT2D eigenvalue weighted by atomic mass is 16.5. The first-order valence-electron chi connectivity index (χ1n) is 14.6. The summed E-state index contributed by atoms with van der Waals surface area (Å²) in [6.45, 7) is 5.54. The number of hydrogen-bond donors (Lipinski definition) is 2. The first-order chi connectivity index (χ1) is 19.4. The van der Waals surface area contributed by atoms with Gasteiger partial charge in [-0.2, -0.15) is 0 Å². The highest BCUT2D eigenvalue weighted by Crippen LogP contribution is 2.37. The highest BCUT2D eigenvalue weighted by molar-refractivity contribution is 5.77. The van der Waals surface area contributed by atoms with Crippen molar-refractivity contribution in [3.63, 3.8) is 0 Å². The van der Waals surface area contributed by atoms with E-state index in [0.29, 0.717) is 24.7 Å². The second kappa shape index (κ2) is 12.8. The van der Waals surface area contributed by atoms with Gasteiger partial charge in [0.1, 0.15) is 0 Å². The normalized spacial score (nSPS) is 19.4. The van der Waals surface area contributed by atoms with Crippen molar-refractivity contribution >= 4 is 12.0 Å². The van der Waals surface area contributed by atoms with Gasteiger partial charge in [0, 0.05) is 75.4 Å². The molecule has 3 aromatic rings. The van der Waals surface area contributed by atoms with Crippen LogP contribution < -0.4 is 11.3 Å². The van der Waals surface area contributed by atoms with Crippen molar-refractivity contribution in [2.24, 2.45) is 5.73 Å². The highest BCUT2D eigenvalue weighted by Gasteiger charge is 2.30. The molecule has 3 N–H and O–H groups in total. The number of H-pyrrole nitrogens is 1. The molecule has 2 unspecified atom stereocenters. The number of aromatic amines is 1. The van der Waals surface area contributed by atoms with Gasteiger partial charge in [0.2, 0.25) is 11.5 Å². The number of likely N-dealkylation sites (tertiary alicyclic amines) is 1. The van der Waals surface area contributed by atoms with Crippen LogP contribution >= 0.6 is 0 Å². The van der Waals surface area contributed by atoms with Gasteiger partial charge in [-0.3, -0.25) is 9.59 Å². The first kappa shape index (κ1) is 28.1. The molecule has 1 aliphatic carbocycles. The van der Waals surface area contributed by atoms with Gasteiger partial charge >= 0.3 is 0 Å². The number of methoxy groups -OCH3 is 1. The third kappa shape index (κ3) is 6.48. The number of aromatic nitrogens is 2. The van der Waals surface area contributed by atoms with Crippen LogP contribution in [0.3, 0.4) is 0 Å². The second-order valence-electron chi connectivity index (χ2n) is 11.4. The number of carbonyl (C=O) groups excluding carboxylic acids is 1. The van der Waals surface area contributed by atoms with E-state index in [1.165, 1.54) is 23.0 Å². The van der Waals surface area contributed by atoms with Gasteiger partial charge in [0.05, 0.1) is 0 Å². The molecule has 7 heteroatoms. The molecule has 1 saturated heterocycles. The van der Waals surface area contributed by atoms with E-state index in [0.717, 1.165) is 68.6 Å². The number of rotatable bonds is 10. The maximum Gasteiger partial charge on any atom is 0.247 e. The van der Waals surface area contributed by atoms with Crippen molar-refractivity contribution in [1.29, 1.82) is 0 Å². The lowest BCUT2D eigenvalue weighted by molar-refractivity contribution is -0.132. The lowest BCUT2D eigenvalue weighted by Gasteiger charge is -2.34. The number of hydrogen-bond acceptors (Lipinski definition) is 4. The number of allylic oxidation sites excluding steroid dienone is 1. The summed E-state index contributed by atoms with van der Waals surface area (Å²) in [5, 5.41) is 0. The van der Waals surface area contributed by atoms with Crippen LogP contribution in [-0.2, 0) is 22.5 Å². The Balaban J connectivity index is 1.21. The molecular weight excluding hydrogens is 500 g/mol. The van der Waals surface area contributed by atoms with Gasteiger partial charge in [0.15, 0.2) is 0 Å². The van der Waals surface area contributed by atoms with Crippen LogP contribution in [0, 0.1) is 0 Å². The zero-order valence-corrected chi connectivity index (χ0v) is 23.8. The molecule has 7 nitrogen and oxygen atoms in total. The number of amides is 1.